The molecule has 0 aromatic carbocycles. The number of thiazole rings is 1. The Hall–Kier alpha value is -2.02. The van der Waals surface area contributed by atoms with Crippen molar-refractivity contribution >= 4 is 17.2 Å². The number of aryl methyl sites for hydroxylation is 4. The van der Waals surface area contributed by atoms with Crippen LogP contribution in [0.1, 0.15) is 27.0 Å². The summed E-state index contributed by atoms with van der Waals surface area (Å²) in [5.41, 5.74) is 2.10. The number of carbonyl (C=O) groups is 1. The van der Waals surface area contributed by atoms with E-state index in [4.69, 9.17) is 0 Å². The number of hydrogen-bond acceptors (Lipinski definition) is 5. The summed E-state index contributed by atoms with van der Waals surface area (Å²) in [5.74, 6) is -0.0841. The lowest BCUT2D eigenvalue weighted by Crippen LogP contribution is -2.33. The van der Waals surface area contributed by atoms with Crippen molar-refractivity contribution in [2.24, 2.45) is 0 Å². The molecule has 0 spiro atoms. The first-order valence-corrected chi connectivity index (χ1v) is 7.93. The fourth-order valence-corrected chi connectivity index (χ4v) is 3.14. The number of aromatic nitrogens is 3. The lowest BCUT2D eigenvalue weighted by Gasteiger charge is -2.10. The molecule has 2 aromatic heterocycles. The van der Waals surface area contributed by atoms with Crippen molar-refractivity contribution in [1.82, 2.24) is 19.9 Å². The second-order valence-corrected chi connectivity index (χ2v) is 6.64. The van der Waals surface area contributed by atoms with E-state index < -0.39 is 0 Å². The summed E-state index contributed by atoms with van der Waals surface area (Å²) in [4.78, 5) is 33.1. The quantitative estimate of drug-likeness (QED) is 0.900. The largest absolute Gasteiger partial charge is 0.354 e. The van der Waals surface area contributed by atoms with Crippen LogP contribution >= 0.6 is 11.3 Å². The molecule has 2 aromatic rings. The number of hydrogen-bond donors (Lipinski definition) is 1. The van der Waals surface area contributed by atoms with E-state index >= 15 is 0 Å². The molecule has 0 radical (unpaired) electrons. The summed E-state index contributed by atoms with van der Waals surface area (Å²) >= 11 is 1.59. The van der Waals surface area contributed by atoms with E-state index in [0.29, 0.717) is 18.8 Å². The molecule has 0 saturated carbocycles. The molecule has 0 aliphatic heterocycles. The van der Waals surface area contributed by atoms with Gasteiger partial charge in [-0.15, -0.1) is 11.3 Å². The van der Waals surface area contributed by atoms with Gasteiger partial charge in [0.1, 0.15) is 0 Å². The molecule has 1 N–H and O–H groups in total. The Bertz CT molecular complexity index is 748. The predicted molar refractivity (Wildman–Crippen MR) is 86.3 cm³/mol. The fourth-order valence-electron chi connectivity index (χ4n) is 2.30. The van der Waals surface area contributed by atoms with Crippen LogP contribution in [0.3, 0.4) is 0 Å². The van der Waals surface area contributed by atoms with Crippen LogP contribution in [0.2, 0.25) is 0 Å². The second kappa shape index (κ2) is 6.83. The number of amides is 1. The molecule has 0 aliphatic rings. The minimum atomic E-state index is -0.280. The standard InChI is InChI=1S/C15H20N4O2S/c1-9-7-10(2)19(15(21)17-9)6-5-16-14(20)8-13-11(3)22-12(4)18-13/h7H,5-6,8H2,1-4H3,(H,16,20). The molecule has 1 amide bonds. The number of nitrogens with zero attached hydrogens (tertiary/aromatic N) is 3. The summed E-state index contributed by atoms with van der Waals surface area (Å²) < 4.78 is 1.56. The van der Waals surface area contributed by atoms with Gasteiger partial charge >= 0.3 is 5.69 Å². The Morgan fingerprint density at radius 1 is 1.27 bits per heavy atom. The molecule has 118 valence electrons. The van der Waals surface area contributed by atoms with Gasteiger partial charge < -0.3 is 5.32 Å². The summed E-state index contributed by atoms with van der Waals surface area (Å²) in [6, 6.07) is 1.85. The highest BCUT2D eigenvalue weighted by Gasteiger charge is 2.10. The Kier molecular flexibility index (Phi) is 5.07. The van der Waals surface area contributed by atoms with Crippen LogP contribution < -0.4 is 11.0 Å². The lowest BCUT2D eigenvalue weighted by molar-refractivity contribution is -0.120. The number of rotatable bonds is 5. The van der Waals surface area contributed by atoms with Gasteiger partial charge in [0, 0.05) is 29.4 Å². The third kappa shape index (κ3) is 4.00. The van der Waals surface area contributed by atoms with Crippen molar-refractivity contribution in [2.75, 3.05) is 6.54 Å². The van der Waals surface area contributed by atoms with Gasteiger partial charge in [-0.2, -0.15) is 4.98 Å². The maximum atomic E-state index is 11.9. The third-order valence-corrected chi connectivity index (χ3v) is 4.26. The Morgan fingerprint density at radius 3 is 2.59 bits per heavy atom. The van der Waals surface area contributed by atoms with E-state index in [0.717, 1.165) is 21.3 Å². The van der Waals surface area contributed by atoms with E-state index in [1.54, 1.807) is 22.8 Å². The maximum Gasteiger partial charge on any atom is 0.348 e. The van der Waals surface area contributed by atoms with Gasteiger partial charge in [-0.3, -0.25) is 9.36 Å². The van der Waals surface area contributed by atoms with Crippen molar-refractivity contribution in [3.05, 3.63) is 43.5 Å². The van der Waals surface area contributed by atoms with Crippen LogP contribution in [0.15, 0.2) is 10.9 Å². The van der Waals surface area contributed by atoms with Gasteiger partial charge in [0.05, 0.1) is 17.1 Å². The first-order valence-electron chi connectivity index (χ1n) is 7.11. The first-order chi connectivity index (χ1) is 10.4. The Morgan fingerprint density at radius 2 is 2.00 bits per heavy atom. The molecule has 0 atom stereocenters. The van der Waals surface area contributed by atoms with Gasteiger partial charge in [0.2, 0.25) is 5.91 Å². The van der Waals surface area contributed by atoms with Crippen LogP contribution in [-0.2, 0) is 17.8 Å². The smallest absolute Gasteiger partial charge is 0.348 e. The Balaban J connectivity index is 1.90. The van der Waals surface area contributed by atoms with Crippen molar-refractivity contribution in [3.63, 3.8) is 0 Å². The number of nitrogens with one attached hydrogen (secondary N) is 1. The average molecular weight is 320 g/mol. The van der Waals surface area contributed by atoms with Gasteiger partial charge in [0.25, 0.3) is 0 Å². The van der Waals surface area contributed by atoms with E-state index in [-0.39, 0.29) is 18.0 Å². The minimum Gasteiger partial charge on any atom is -0.354 e. The van der Waals surface area contributed by atoms with Gasteiger partial charge in [-0.1, -0.05) is 0 Å². The summed E-state index contributed by atoms with van der Waals surface area (Å²) in [7, 11) is 0. The molecule has 0 unspecified atom stereocenters. The molecule has 0 aliphatic carbocycles. The zero-order valence-electron chi connectivity index (χ0n) is 13.3. The fraction of sp³-hybridized carbons (Fsp3) is 0.467. The molecule has 2 heterocycles. The highest BCUT2D eigenvalue weighted by Crippen LogP contribution is 2.16. The normalized spacial score (nSPS) is 10.7. The molecule has 0 saturated heterocycles. The van der Waals surface area contributed by atoms with Crippen LogP contribution in [0.4, 0.5) is 0 Å². The molecule has 6 nitrogen and oxygen atoms in total. The molecule has 2 rings (SSSR count). The van der Waals surface area contributed by atoms with Crippen LogP contribution in [0, 0.1) is 27.7 Å². The maximum absolute atomic E-state index is 11.9. The van der Waals surface area contributed by atoms with Crippen molar-refractivity contribution < 1.29 is 4.79 Å². The molecule has 7 heteroatoms. The zero-order valence-corrected chi connectivity index (χ0v) is 14.1. The third-order valence-electron chi connectivity index (χ3n) is 3.33. The zero-order chi connectivity index (χ0) is 16.3. The molecular formula is C15H20N4O2S. The molecule has 0 fully saturated rings. The second-order valence-electron chi connectivity index (χ2n) is 5.24. The monoisotopic (exact) mass is 320 g/mol. The highest BCUT2D eigenvalue weighted by atomic mass is 32.1. The van der Waals surface area contributed by atoms with E-state index in [2.05, 4.69) is 15.3 Å². The summed E-state index contributed by atoms with van der Waals surface area (Å²) in [6.45, 7) is 8.36. The number of carbonyl (C=O) groups excluding carboxylic acids is 1. The summed E-state index contributed by atoms with van der Waals surface area (Å²) in [6.07, 6.45) is 0.274. The van der Waals surface area contributed by atoms with Gasteiger partial charge in [0.15, 0.2) is 0 Å². The summed E-state index contributed by atoms with van der Waals surface area (Å²) in [5, 5.41) is 3.79. The van der Waals surface area contributed by atoms with Crippen molar-refractivity contribution in [1.29, 1.82) is 0 Å². The molecule has 22 heavy (non-hydrogen) atoms. The molecule has 0 bridgehead atoms. The molecular weight excluding hydrogens is 300 g/mol. The minimum absolute atomic E-state index is 0.0841. The lowest BCUT2D eigenvalue weighted by atomic mass is 10.2. The van der Waals surface area contributed by atoms with Gasteiger partial charge in [-0.05, 0) is 33.8 Å². The van der Waals surface area contributed by atoms with E-state index in [1.807, 2.05) is 26.8 Å². The first kappa shape index (κ1) is 16.4. The van der Waals surface area contributed by atoms with Gasteiger partial charge in [-0.25, -0.2) is 9.78 Å². The van der Waals surface area contributed by atoms with Crippen LogP contribution in [0.25, 0.3) is 0 Å². The highest BCUT2D eigenvalue weighted by molar-refractivity contribution is 7.11. The van der Waals surface area contributed by atoms with Crippen molar-refractivity contribution in [3.8, 4) is 0 Å². The van der Waals surface area contributed by atoms with Crippen molar-refractivity contribution in [2.45, 2.75) is 40.7 Å². The van der Waals surface area contributed by atoms with E-state index in [9.17, 15) is 9.59 Å². The van der Waals surface area contributed by atoms with Crippen LogP contribution in [0.5, 0.6) is 0 Å². The Labute approximate surface area is 133 Å². The van der Waals surface area contributed by atoms with Crippen LogP contribution in [-0.4, -0.2) is 27.0 Å². The van der Waals surface area contributed by atoms with E-state index in [1.165, 1.54) is 0 Å². The SMILES string of the molecule is Cc1cc(C)n(CCNC(=O)Cc2nc(C)sc2C)c(=O)n1. The average Bonchev–Trinajstić information content (AvgIpc) is 2.71. The topological polar surface area (TPSA) is 76.9 Å². The predicted octanol–water partition coefficient (Wildman–Crippen LogP) is 1.29.